The van der Waals surface area contributed by atoms with E-state index in [4.69, 9.17) is 5.73 Å². The van der Waals surface area contributed by atoms with Crippen LogP contribution in [-0.4, -0.2) is 30.2 Å². The number of aliphatic hydroxyl groups is 1. The van der Waals surface area contributed by atoms with Gasteiger partial charge in [-0.3, -0.25) is 0 Å². The number of aromatic nitrogens is 4. The first-order chi connectivity index (χ1) is 16.5. The van der Waals surface area contributed by atoms with E-state index >= 15 is 0 Å². The molecule has 4 aromatic rings. The Kier molecular flexibility index (Phi) is 7.34. The second-order valence-electron chi connectivity index (χ2n) is 8.78. The van der Waals surface area contributed by atoms with E-state index < -0.39 is 5.60 Å². The van der Waals surface area contributed by atoms with Gasteiger partial charge >= 0.3 is 0 Å². The third-order valence-corrected chi connectivity index (χ3v) is 6.26. The highest BCUT2D eigenvalue weighted by molar-refractivity contribution is 5.86. The van der Waals surface area contributed by atoms with E-state index in [0.717, 1.165) is 31.2 Å². The number of rotatable bonds is 4. The lowest BCUT2D eigenvalue weighted by Crippen LogP contribution is -2.29. The Morgan fingerprint density at radius 3 is 2.51 bits per heavy atom. The summed E-state index contributed by atoms with van der Waals surface area (Å²) in [6.45, 7) is 0.569. The van der Waals surface area contributed by atoms with Crippen LogP contribution in [0.5, 0.6) is 0 Å². The molecule has 8 heteroatoms. The van der Waals surface area contributed by atoms with Crippen molar-refractivity contribution in [2.24, 2.45) is 0 Å². The van der Waals surface area contributed by atoms with Gasteiger partial charge in [-0.05, 0) is 55.7 Å². The Morgan fingerprint density at radius 1 is 1.00 bits per heavy atom. The lowest BCUT2D eigenvalue weighted by atomic mass is 9.85. The van der Waals surface area contributed by atoms with Crippen molar-refractivity contribution in [1.29, 1.82) is 0 Å². The van der Waals surface area contributed by atoms with Gasteiger partial charge in [0.15, 0.2) is 17.0 Å². The van der Waals surface area contributed by atoms with Gasteiger partial charge in [-0.15, -0.1) is 12.4 Å². The van der Waals surface area contributed by atoms with Gasteiger partial charge in [-0.1, -0.05) is 54.8 Å². The van der Waals surface area contributed by atoms with E-state index in [1.807, 2.05) is 28.8 Å². The first-order valence-corrected chi connectivity index (χ1v) is 11.6. The molecule has 3 N–H and O–H groups in total. The molecule has 1 fully saturated rings. The molecule has 0 radical (unpaired) electrons. The highest BCUT2D eigenvalue weighted by Gasteiger charge is 2.27. The monoisotopic (exact) mass is 491 g/mol. The third kappa shape index (κ3) is 5.45. The molecule has 5 rings (SSSR count). The van der Waals surface area contributed by atoms with Gasteiger partial charge in [0, 0.05) is 12.1 Å². The van der Waals surface area contributed by atoms with Crippen LogP contribution in [0.1, 0.15) is 43.5 Å². The van der Waals surface area contributed by atoms with Crippen LogP contribution in [0.25, 0.3) is 22.6 Å². The number of nitrogens with zero attached hydrogens (tertiary/aromatic N) is 4. The molecule has 2 aromatic heterocycles. The number of aryl methyl sites for hydroxylation is 2. The predicted molar refractivity (Wildman–Crippen MR) is 137 cm³/mol. The van der Waals surface area contributed by atoms with Crippen LogP contribution in [0.3, 0.4) is 0 Å². The minimum atomic E-state index is -1.01. The maximum absolute atomic E-state index is 14.0. The Hall–Kier alpha value is -3.47. The normalized spacial score (nSPS) is 14.7. The molecule has 0 unspecified atom stereocenters. The van der Waals surface area contributed by atoms with Crippen molar-refractivity contribution in [2.75, 3.05) is 5.73 Å². The van der Waals surface area contributed by atoms with Crippen molar-refractivity contribution in [2.45, 2.75) is 50.7 Å². The minimum Gasteiger partial charge on any atom is -0.382 e. The number of anilines is 1. The third-order valence-electron chi connectivity index (χ3n) is 6.26. The smallest absolute Gasteiger partial charge is 0.209 e. The maximum Gasteiger partial charge on any atom is 0.209 e. The fourth-order valence-electron chi connectivity index (χ4n) is 4.46. The summed E-state index contributed by atoms with van der Waals surface area (Å²) in [5.74, 6) is 6.60. The van der Waals surface area contributed by atoms with E-state index in [-0.39, 0.29) is 29.9 Å². The number of imidazole rings is 1. The van der Waals surface area contributed by atoms with E-state index in [2.05, 4.69) is 38.9 Å². The second-order valence-corrected chi connectivity index (χ2v) is 8.78. The van der Waals surface area contributed by atoms with Crippen LogP contribution in [0, 0.1) is 17.7 Å². The van der Waals surface area contributed by atoms with Gasteiger partial charge in [0.1, 0.15) is 17.2 Å². The SMILES string of the molecule is Cl.Nc1nc(C#CC2(O)CCCCC2)nc2c1nc(-c1cccc(F)c1)n2CCc1ccccc1. The van der Waals surface area contributed by atoms with Crippen LogP contribution in [0.2, 0.25) is 0 Å². The van der Waals surface area contributed by atoms with Crippen molar-refractivity contribution in [1.82, 2.24) is 19.5 Å². The number of hydrogen-bond acceptors (Lipinski definition) is 5. The number of halogens is 2. The zero-order chi connectivity index (χ0) is 23.5. The summed E-state index contributed by atoms with van der Waals surface area (Å²) in [5.41, 5.74) is 8.05. The summed E-state index contributed by atoms with van der Waals surface area (Å²) < 4.78 is 16.0. The molecule has 2 aromatic carbocycles. The minimum absolute atomic E-state index is 0. The van der Waals surface area contributed by atoms with Gasteiger partial charge in [0.05, 0.1) is 0 Å². The first kappa shape index (κ1) is 24.6. The van der Waals surface area contributed by atoms with Crippen molar-refractivity contribution in [3.8, 4) is 23.2 Å². The molecule has 6 nitrogen and oxygen atoms in total. The largest absolute Gasteiger partial charge is 0.382 e. The lowest BCUT2D eigenvalue weighted by molar-refractivity contribution is 0.0610. The number of hydrogen-bond donors (Lipinski definition) is 2. The molecule has 1 saturated carbocycles. The number of nitrogens with two attached hydrogens (primary N) is 1. The number of fused-ring (bicyclic) bond motifs is 1. The van der Waals surface area contributed by atoms with E-state index in [9.17, 15) is 9.50 Å². The molecule has 0 aliphatic heterocycles. The molecule has 1 aliphatic carbocycles. The van der Waals surface area contributed by atoms with E-state index in [1.165, 1.54) is 12.1 Å². The molecule has 0 saturated heterocycles. The molecule has 0 bridgehead atoms. The summed E-state index contributed by atoms with van der Waals surface area (Å²) in [7, 11) is 0. The van der Waals surface area contributed by atoms with Crippen molar-refractivity contribution in [3.05, 3.63) is 71.8 Å². The van der Waals surface area contributed by atoms with Crippen molar-refractivity contribution in [3.63, 3.8) is 0 Å². The van der Waals surface area contributed by atoms with Crippen LogP contribution < -0.4 is 5.73 Å². The van der Waals surface area contributed by atoms with Gasteiger partial charge in [0.25, 0.3) is 0 Å². The number of benzene rings is 2. The Bertz CT molecular complexity index is 1390. The van der Waals surface area contributed by atoms with Crippen LogP contribution in [-0.2, 0) is 13.0 Å². The molecular weight excluding hydrogens is 465 g/mol. The summed E-state index contributed by atoms with van der Waals surface area (Å²) in [5, 5.41) is 10.7. The van der Waals surface area contributed by atoms with Crippen LogP contribution in [0.4, 0.5) is 10.2 Å². The molecule has 0 spiro atoms. The Morgan fingerprint density at radius 2 is 1.77 bits per heavy atom. The van der Waals surface area contributed by atoms with Gasteiger partial charge < -0.3 is 15.4 Å². The Balaban J connectivity index is 0.00000289. The molecule has 0 atom stereocenters. The quantitative estimate of drug-likeness (QED) is 0.395. The zero-order valence-electron chi connectivity index (χ0n) is 19.2. The van der Waals surface area contributed by atoms with Crippen LogP contribution >= 0.6 is 12.4 Å². The average Bonchev–Trinajstić information content (AvgIpc) is 3.22. The van der Waals surface area contributed by atoms with E-state index in [0.29, 0.717) is 41.9 Å². The molecule has 0 amide bonds. The van der Waals surface area contributed by atoms with Crippen molar-refractivity contribution >= 4 is 29.4 Å². The summed E-state index contributed by atoms with van der Waals surface area (Å²) in [6, 6.07) is 16.4. The lowest BCUT2D eigenvalue weighted by Gasteiger charge is -2.26. The maximum atomic E-state index is 14.0. The number of nitrogen functional groups attached to an aromatic ring is 1. The molecule has 1 aliphatic rings. The van der Waals surface area contributed by atoms with Gasteiger partial charge in [-0.25, -0.2) is 19.3 Å². The standard InChI is InChI=1S/C27H26FN5O.ClH/c28-21-11-7-10-20(18-21)25-32-23-24(29)30-22(12-16-27(34)14-5-2-6-15-27)31-26(23)33(25)17-13-19-8-3-1-4-9-19;/h1,3-4,7-11,18,34H,2,5-6,13-15,17H2,(H2,29,30,31);1H. The Labute approximate surface area is 209 Å². The van der Waals surface area contributed by atoms with Gasteiger partial charge in [-0.2, -0.15) is 0 Å². The summed E-state index contributed by atoms with van der Waals surface area (Å²) >= 11 is 0. The topological polar surface area (TPSA) is 89.8 Å². The molecular formula is C27H27ClFN5O. The second kappa shape index (κ2) is 10.4. The highest BCUT2D eigenvalue weighted by atomic mass is 35.5. The van der Waals surface area contributed by atoms with Gasteiger partial charge in [0.2, 0.25) is 5.82 Å². The molecule has 35 heavy (non-hydrogen) atoms. The summed E-state index contributed by atoms with van der Waals surface area (Å²) in [4.78, 5) is 13.7. The van der Waals surface area contributed by atoms with Crippen LogP contribution in [0.15, 0.2) is 54.6 Å². The van der Waals surface area contributed by atoms with E-state index in [1.54, 1.807) is 6.07 Å². The fraction of sp³-hybridized carbons (Fsp3) is 0.296. The molecule has 2 heterocycles. The zero-order valence-corrected chi connectivity index (χ0v) is 20.1. The average molecular weight is 492 g/mol. The highest BCUT2D eigenvalue weighted by Crippen LogP contribution is 2.29. The van der Waals surface area contributed by atoms with Crippen molar-refractivity contribution < 1.29 is 9.50 Å². The first-order valence-electron chi connectivity index (χ1n) is 11.6. The summed E-state index contributed by atoms with van der Waals surface area (Å²) in [6.07, 6.45) is 5.06. The fourth-order valence-corrected chi connectivity index (χ4v) is 4.46. The molecule has 180 valence electrons. The predicted octanol–water partition coefficient (Wildman–Crippen LogP) is 4.93.